The molecule has 4 nitrogen and oxygen atoms in total. The highest BCUT2D eigenvalue weighted by molar-refractivity contribution is 5.93. The van der Waals surface area contributed by atoms with E-state index in [9.17, 15) is 4.79 Å². The number of hydrogen-bond donors (Lipinski definition) is 0. The minimum atomic E-state index is -0.00384. The molecular weight excluding hydrogens is 264 g/mol. The third-order valence-electron chi connectivity index (χ3n) is 3.19. The van der Waals surface area contributed by atoms with Crippen LogP contribution in [0, 0.1) is 0 Å². The molecule has 2 rings (SSSR count). The second kappa shape index (κ2) is 7.43. The monoisotopic (exact) mass is 284 g/mol. The fourth-order valence-electron chi connectivity index (χ4n) is 2.14. The number of benzene rings is 1. The van der Waals surface area contributed by atoms with Crippen molar-refractivity contribution in [1.82, 2.24) is 9.88 Å². The van der Waals surface area contributed by atoms with Gasteiger partial charge in [0.2, 0.25) is 5.88 Å². The topological polar surface area (TPSA) is 42.4 Å². The molecule has 0 aliphatic carbocycles. The SMILES string of the molecule is CCCN(Cc1ccccc1)C(=O)c1ccc(OC)nc1. The first-order valence-corrected chi connectivity index (χ1v) is 7.08. The van der Waals surface area contributed by atoms with Crippen LogP contribution in [0.2, 0.25) is 0 Å². The first-order valence-electron chi connectivity index (χ1n) is 7.08. The summed E-state index contributed by atoms with van der Waals surface area (Å²) in [6, 6.07) is 13.5. The number of amides is 1. The first kappa shape index (κ1) is 15.0. The highest BCUT2D eigenvalue weighted by Gasteiger charge is 2.15. The fraction of sp³-hybridized carbons (Fsp3) is 0.294. The lowest BCUT2D eigenvalue weighted by Gasteiger charge is -2.22. The van der Waals surface area contributed by atoms with E-state index in [0.717, 1.165) is 18.5 Å². The van der Waals surface area contributed by atoms with Crippen LogP contribution in [0.3, 0.4) is 0 Å². The van der Waals surface area contributed by atoms with E-state index in [2.05, 4.69) is 11.9 Å². The summed E-state index contributed by atoms with van der Waals surface area (Å²) < 4.78 is 5.02. The van der Waals surface area contributed by atoms with Gasteiger partial charge in [0.15, 0.2) is 0 Å². The van der Waals surface area contributed by atoms with E-state index in [1.54, 1.807) is 25.4 Å². The van der Waals surface area contributed by atoms with E-state index in [1.807, 2.05) is 35.2 Å². The van der Waals surface area contributed by atoms with E-state index in [4.69, 9.17) is 4.74 Å². The van der Waals surface area contributed by atoms with Crippen molar-refractivity contribution in [3.8, 4) is 5.88 Å². The number of carbonyl (C=O) groups is 1. The molecule has 1 aromatic carbocycles. The summed E-state index contributed by atoms with van der Waals surface area (Å²) in [5.74, 6) is 0.507. The normalized spacial score (nSPS) is 10.2. The summed E-state index contributed by atoms with van der Waals surface area (Å²) in [7, 11) is 1.56. The number of nitrogens with zero attached hydrogens (tertiary/aromatic N) is 2. The molecule has 0 unspecified atom stereocenters. The Hall–Kier alpha value is -2.36. The molecule has 1 aromatic heterocycles. The van der Waals surface area contributed by atoms with Crippen LogP contribution in [0.25, 0.3) is 0 Å². The van der Waals surface area contributed by atoms with Gasteiger partial charge in [-0.1, -0.05) is 37.3 Å². The van der Waals surface area contributed by atoms with Crippen molar-refractivity contribution in [3.63, 3.8) is 0 Å². The van der Waals surface area contributed by atoms with Gasteiger partial charge < -0.3 is 9.64 Å². The lowest BCUT2D eigenvalue weighted by atomic mass is 10.2. The number of rotatable bonds is 6. The van der Waals surface area contributed by atoms with Gasteiger partial charge in [-0.2, -0.15) is 0 Å². The summed E-state index contributed by atoms with van der Waals surface area (Å²) in [6.07, 6.45) is 2.48. The molecule has 4 heteroatoms. The van der Waals surface area contributed by atoms with Gasteiger partial charge in [0.1, 0.15) is 0 Å². The van der Waals surface area contributed by atoms with Gasteiger partial charge in [-0.05, 0) is 18.1 Å². The van der Waals surface area contributed by atoms with Crippen LogP contribution in [-0.2, 0) is 6.54 Å². The molecule has 110 valence electrons. The molecule has 0 aliphatic rings. The van der Waals surface area contributed by atoms with Gasteiger partial charge in [0.25, 0.3) is 5.91 Å². The Morgan fingerprint density at radius 1 is 1.19 bits per heavy atom. The molecule has 0 bridgehead atoms. The second-order valence-corrected chi connectivity index (χ2v) is 4.80. The lowest BCUT2D eigenvalue weighted by molar-refractivity contribution is 0.0742. The Morgan fingerprint density at radius 3 is 2.52 bits per heavy atom. The van der Waals surface area contributed by atoms with Crippen molar-refractivity contribution in [2.24, 2.45) is 0 Å². The van der Waals surface area contributed by atoms with E-state index >= 15 is 0 Å². The number of aromatic nitrogens is 1. The zero-order valence-corrected chi connectivity index (χ0v) is 12.5. The standard InChI is InChI=1S/C17H20N2O2/c1-3-11-19(13-14-7-5-4-6-8-14)17(20)15-9-10-16(21-2)18-12-15/h4-10,12H,3,11,13H2,1-2H3. The Labute approximate surface area is 125 Å². The predicted molar refractivity (Wildman–Crippen MR) is 82.3 cm³/mol. The molecule has 0 aliphatic heterocycles. The van der Waals surface area contributed by atoms with E-state index in [1.165, 1.54) is 0 Å². The van der Waals surface area contributed by atoms with Gasteiger partial charge in [0.05, 0.1) is 12.7 Å². The molecule has 0 N–H and O–H groups in total. The maximum absolute atomic E-state index is 12.6. The van der Waals surface area contributed by atoms with Gasteiger partial charge in [-0.15, -0.1) is 0 Å². The van der Waals surface area contributed by atoms with Crippen LogP contribution < -0.4 is 4.74 Å². The summed E-state index contributed by atoms with van der Waals surface area (Å²) in [5.41, 5.74) is 1.71. The van der Waals surface area contributed by atoms with Crippen LogP contribution in [0.4, 0.5) is 0 Å². The number of carbonyl (C=O) groups excluding carboxylic acids is 1. The van der Waals surface area contributed by atoms with Gasteiger partial charge in [-0.3, -0.25) is 4.79 Å². The summed E-state index contributed by atoms with van der Waals surface area (Å²) in [6.45, 7) is 3.40. The molecule has 0 radical (unpaired) electrons. The van der Waals surface area contributed by atoms with E-state index in [0.29, 0.717) is 18.0 Å². The maximum atomic E-state index is 12.6. The largest absolute Gasteiger partial charge is 0.481 e. The Balaban J connectivity index is 2.14. The average Bonchev–Trinajstić information content (AvgIpc) is 2.55. The minimum absolute atomic E-state index is 0.00384. The maximum Gasteiger partial charge on any atom is 0.255 e. The molecule has 0 atom stereocenters. The molecule has 1 amide bonds. The molecule has 0 saturated heterocycles. The van der Waals surface area contributed by atoms with Crippen LogP contribution in [0.5, 0.6) is 5.88 Å². The summed E-state index contributed by atoms with van der Waals surface area (Å²) in [5, 5.41) is 0. The van der Waals surface area contributed by atoms with Crippen molar-refractivity contribution < 1.29 is 9.53 Å². The summed E-state index contributed by atoms with van der Waals surface area (Å²) >= 11 is 0. The van der Waals surface area contributed by atoms with Gasteiger partial charge in [0, 0.05) is 25.4 Å². The van der Waals surface area contributed by atoms with Crippen LogP contribution in [-0.4, -0.2) is 29.4 Å². The zero-order chi connectivity index (χ0) is 15.1. The zero-order valence-electron chi connectivity index (χ0n) is 12.5. The van der Waals surface area contributed by atoms with Crippen LogP contribution in [0.1, 0.15) is 29.3 Å². The highest BCUT2D eigenvalue weighted by atomic mass is 16.5. The molecule has 0 saturated carbocycles. The predicted octanol–water partition coefficient (Wildman–Crippen LogP) is 3.14. The Bertz CT molecular complexity index is 567. The number of ether oxygens (including phenoxy) is 1. The summed E-state index contributed by atoms with van der Waals surface area (Å²) in [4.78, 5) is 18.5. The van der Waals surface area contributed by atoms with Gasteiger partial charge in [-0.25, -0.2) is 4.98 Å². The van der Waals surface area contributed by atoms with E-state index < -0.39 is 0 Å². The molecule has 2 aromatic rings. The van der Waals surface area contributed by atoms with Crippen molar-refractivity contribution in [2.45, 2.75) is 19.9 Å². The highest BCUT2D eigenvalue weighted by Crippen LogP contribution is 2.12. The van der Waals surface area contributed by atoms with Crippen molar-refractivity contribution in [1.29, 1.82) is 0 Å². The third kappa shape index (κ3) is 4.05. The first-order chi connectivity index (χ1) is 10.2. The Kier molecular flexibility index (Phi) is 5.32. The van der Waals surface area contributed by atoms with Gasteiger partial charge >= 0.3 is 0 Å². The minimum Gasteiger partial charge on any atom is -0.481 e. The second-order valence-electron chi connectivity index (χ2n) is 4.80. The van der Waals surface area contributed by atoms with E-state index in [-0.39, 0.29) is 5.91 Å². The molecule has 21 heavy (non-hydrogen) atoms. The van der Waals surface area contributed by atoms with Crippen molar-refractivity contribution in [3.05, 3.63) is 59.8 Å². The number of hydrogen-bond acceptors (Lipinski definition) is 3. The van der Waals surface area contributed by atoms with Crippen LogP contribution in [0.15, 0.2) is 48.7 Å². The Morgan fingerprint density at radius 2 is 1.95 bits per heavy atom. The lowest BCUT2D eigenvalue weighted by Crippen LogP contribution is -2.31. The molecular formula is C17H20N2O2. The fourth-order valence-corrected chi connectivity index (χ4v) is 2.14. The quantitative estimate of drug-likeness (QED) is 0.818. The number of pyridine rings is 1. The third-order valence-corrected chi connectivity index (χ3v) is 3.19. The smallest absolute Gasteiger partial charge is 0.255 e. The average molecular weight is 284 g/mol. The molecule has 1 heterocycles. The van der Waals surface area contributed by atoms with Crippen molar-refractivity contribution >= 4 is 5.91 Å². The molecule has 0 fully saturated rings. The van der Waals surface area contributed by atoms with Crippen molar-refractivity contribution in [2.75, 3.05) is 13.7 Å². The number of methoxy groups -OCH3 is 1. The van der Waals surface area contributed by atoms with Crippen LogP contribution >= 0.6 is 0 Å². The molecule has 0 spiro atoms.